The van der Waals surface area contributed by atoms with Gasteiger partial charge in [0, 0.05) is 39.1 Å². The van der Waals surface area contributed by atoms with Gasteiger partial charge in [0.15, 0.2) is 0 Å². The summed E-state index contributed by atoms with van der Waals surface area (Å²) in [5.41, 5.74) is 0.485. The van der Waals surface area contributed by atoms with Gasteiger partial charge in [-0.3, -0.25) is 4.98 Å². The van der Waals surface area contributed by atoms with Crippen molar-refractivity contribution >= 4 is 5.82 Å². The van der Waals surface area contributed by atoms with Gasteiger partial charge in [0.05, 0.1) is 12.8 Å². The van der Waals surface area contributed by atoms with Crippen LogP contribution in [-0.4, -0.2) is 61.3 Å². The van der Waals surface area contributed by atoms with Crippen LogP contribution in [0.1, 0.15) is 25.7 Å². The summed E-state index contributed by atoms with van der Waals surface area (Å²) in [6.07, 6.45) is 10.7. The summed E-state index contributed by atoms with van der Waals surface area (Å²) in [4.78, 5) is 13.7. The fourth-order valence-electron chi connectivity index (χ4n) is 3.74. The highest BCUT2D eigenvalue weighted by atomic mass is 16.5. The lowest BCUT2D eigenvalue weighted by molar-refractivity contribution is 0.0676. The molecule has 1 aromatic rings. The Morgan fingerprint density at radius 2 is 2.05 bits per heavy atom. The summed E-state index contributed by atoms with van der Waals surface area (Å²) >= 11 is 0. The molecule has 1 aromatic heterocycles. The Kier molecular flexibility index (Phi) is 4.70. The van der Waals surface area contributed by atoms with Crippen LogP contribution in [0.25, 0.3) is 0 Å². The third-order valence-electron chi connectivity index (χ3n) is 5.06. The van der Waals surface area contributed by atoms with Gasteiger partial charge in [0.25, 0.3) is 0 Å². The van der Waals surface area contributed by atoms with Gasteiger partial charge in [-0.15, -0.1) is 0 Å². The lowest BCUT2D eigenvalue weighted by Gasteiger charge is -2.48. The maximum absolute atomic E-state index is 5.19. The maximum atomic E-state index is 5.19. The molecule has 0 amide bonds. The molecule has 2 aliphatic heterocycles. The van der Waals surface area contributed by atoms with Crippen LogP contribution in [0, 0.1) is 5.41 Å². The van der Waals surface area contributed by atoms with E-state index in [1.165, 1.54) is 38.8 Å². The Hall–Kier alpha value is -1.20. The molecule has 5 heteroatoms. The minimum atomic E-state index is 0.485. The van der Waals surface area contributed by atoms with Gasteiger partial charge in [-0.2, -0.15) is 0 Å². The van der Waals surface area contributed by atoms with Gasteiger partial charge >= 0.3 is 0 Å². The Morgan fingerprint density at radius 3 is 2.76 bits per heavy atom. The van der Waals surface area contributed by atoms with Crippen molar-refractivity contribution in [2.45, 2.75) is 25.7 Å². The van der Waals surface area contributed by atoms with Crippen LogP contribution in [0.4, 0.5) is 5.82 Å². The topological polar surface area (TPSA) is 41.5 Å². The first kappa shape index (κ1) is 14.7. The third-order valence-corrected chi connectivity index (χ3v) is 5.06. The Balaban J connectivity index is 1.59. The fraction of sp³-hybridized carbons (Fsp3) is 0.750. The molecule has 2 aliphatic rings. The number of hydrogen-bond donors (Lipinski definition) is 0. The predicted octanol–water partition coefficient (Wildman–Crippen LogP) is 1.81. The molecule has 3 rings (SSSR count). The molecule has 0 aromatic carbocycles. The van der Waals surface area contributed by atoms with Crippen molar-refractivity contribution in [1.29, 1.82) is 0 Å². The maximum Gasteiger partial charge on any atom is 0.147 e. The van der Waals surface area contributed by atoms with Crippen molar-refractivity contribution in [3.8, 4) is 0 Å². The van der Waals surface area contributed by atoms with Crippen LogP contribution in [0.2, 0.25) is 0 Å². The quantitative estimate of drug-likeness (QED) is 0.846. The van der Waals surface area contributed by atoms with Crippen LogP contribution in [0.15, 0.2) is 18.6 Å². The smallest absolute Gasteiger partial charge is 0.147 e. The van der Waals surface area contributed by atoms with E-state index >= 15 is 0 Å². The highest BCUT2D eigenvalue weighted by Crippen LogP contribution is 2.40. The highest BCUT2D eigenvalue weighted by Gasteiger charge is 2.38. The lowest BCUT2D eigenvalue weighted by Crippen LogP contribution is -2.50. The Labute approximate surface area is 127 Å². The minimum absolute atomic E-state index is 0.485. The standard InChI is InChI=1S/C16H26N4O/c1-21-12-11-19-9-4-16(5-10-19)3-2-8-20(14-16)15-13-17-6-7-18-15/h6-7,13H,2-5,8-12,14H2,1H3. The Morgan fingerprint density at radius 1 is 1.19 bits per heavy atom. The number of ether oxygens (including phenoxy) is 1. The molecule has 0 radical (unpaired) electrons. The van der Waals surface area contributed by atoms with Gasteiger partial charge in [0.2, 0.25) is 0 Å². The van der Waals surface area contributed by atoms with E-state index in [0.717, 1.165) is 32.1 Å². The van der Waals surface area contributed by atoms with E-state index in [0.29, 0.717) is 5.41 Å². The van der Waals surface area contributed by atoms with Crippen molar-refractivity contribution in [2.24, 2.45) is 5.41 Å². The molecular formula is C16H26N4O. The molecular weight excluding hydrogens is 264 g/mol. The molecule has 2 saturated heterocycles. The lowest BCUT2D eigenvalue weighted by atomic mass is 9.72. The molecule has 5 nitrogen and oxygen atoms in total. The summed E-state index contributed by atoms with van der Waals surface area (Å²) in [6, 6.07) is 0. The summed E-state index contributed by atoms with van der Waals surface area (Å²) < 4.78 is 5.19. The van der Waals surface area contributed by atoms with Gasteiger partial charge < -0.3 is 14.5 Å². The number of anilines is 1. The van der Waals surface area contributed by atoms with Gasteiger partial charge in [-0.25, -0.2) is 4.98 Å². The van der Waals surface area contributed by atoms with Gasteiger partial charge in [-0.1, -0.05) is 0 Å². The molecule has 2 fully saturated rings. The minimum Gasteiger partial charge on any atom is -0.383 e. The molecule has 21 heavy (non-hydrogen) atoms. The predicted molar refractivity (Wildman–Crippen MR) is 83.5 cm³/mol. The fourth-order valence-corrected chi connectivity index (χ4v) is 3.74. The first-order valence-electron chi connectivity index (χ1n) is 8.04. The molecule has 0 aliphatic carbocycles. The van der Waals surface area contributed by atoms with E-state index < -0.39 is 0 Å². The molecule has 1 spiro atoms. The largest absolute Gasteiger partial charge is 0.383 e. The molecule has 0 unspecified atom stereocenters. The van der Waals surface area contributed by atoms with Crippen LogP contribution in [-0.2, 0) is 4.74 Å². The summed E-state index contributed by atoms with van der Waals surface area (Å²) in [5.74, 6) is 1.04. The number of likely N-dealkylation sites (tertiary alicyclic amines) is 1. The monoisotopic (exact) mass is 290 g/mol. The summed E-state index contributed by atoms with van der Waals surface area (Å²) in [6.45, 7) is 6.59. The molecule has 3 heterocycles. The van der Waals surface area contributed by atoms with E-state index in [4.69, 9.17) is 4.74 Å². The second-order valence-corrected chi connectivity index (χ2v) is 6.42. The first-order chi connectivity index (χ1) is 10.3. The van der Waals surface area contributed by atoms with Crippen molar-refractivity contribution in [1.82, 2.24) is 14.9 Å². The number of nitrogens with zero attached hydrogens (tertiary/aromatic N) is 4. The van der Waals surface area contributed by atoms with E-state index in [9.17, 15) is 0 Å². The van der Waals surface area contributed by atoms with E-state index in [2.05, 4.69) is 19.8 Å². The zero-order valence-corrected chi connectivity index (χ0v) is 13.0. The second kappa shape index (κ2) is 6.71. The van der Waals surface area contributed by atoms with Crippen LogP contribution in [0.5, 0.6) is 0 Å². The normalized spacial score (nSPS) is 22.6. The van der Waals surface area contributed by atoms with Gasteiger partial charge in [0.1, 0.15) is 5.82 Å². The van der Waals surface area contributed by atoms with Crippen molar-refractivity contribution < 1.29 is 4.74 Å². The van der Waals surface area contributed by atoms with Crippen molar-refractivity contribution in [3.63, 3.8) is 0 Å². The number of rotatable bonds is 4. The van der Waals surface area contributed by atoms with E-state index in [1.54, 1.807) is 19.5 Å². The average molecular weight is 290 g/mol. The van der Waals surface area contributed by atoms with Crippen LogP contribution < -0.4 is 4.90 Å². The van der Waals surface area contributed by atoms with Crippen molar-refractivity contribution in [3.05, 3.63) is 18.6 Å². The SMILES string of the molecule is COCCN1CCC2(CCCN(c3cnccn3)C2)CC1. The first-order valence-corrected chi connectivity index (χ1v) is 8.04. The zero-order chi connectivity index (χ0) is 14.5. The third kappa shape index (κ3) is 3.52. The number of aromatic nitrogens is 2. The summed E-state index contributed by atoms with van der Waals surface area (Å²) in [7, 11) is 1.78. The van der Waals surface area contributed by atoms with E-state index in [-0.39, 0.29) is 0 Å². The second-order valence-electron chi connectivity index (χ2n) is 6.42. The molecule has 0 bridgehead atoms. The Bertz CT molecular complexity index is 431. The number of methoxy groups -OCH3 is 1. The van der Waals surface area contributed by atoms with Crippen LogP contribution in [0.3, 0.4) is 0 Å². The van der Waals surface area contributed by atoms with Crippen LogP contribution >= 0.6 is 0 Å². The zero-order valence-electron chi connectivity index (χ0n) is 13.0. The number of hydrogen-bond acceptors (Lipinski definition) is 5. The molecule has 0 N–H and O–H groups in total. The van der Waals surface area contributed by atoms with Crippen molar-refractivity contribution in [2.75, 3.05) is 51.3 Å². The molecule has 116 valence electrons. The summed E-state index contributed by atoms with van der Waals surface area (Å²) in [5, 5.41) is 0. The van der Waals surface area contributed by atoms with Gasteiger partial charge in [-0.05, 0) is 44.2 Å². The molecule has 0 atom stereocenters. The molecule has 0 saturated carbocycles. The number of piperidine rings is 2. The van der Waals surface area contributed by atoms with E-state index in [1.807, 2.05) is 6.20 Å². The highest BCUT2D eigenvalue weighted by molar-refractivity contribution is 5.36. The average Bonchev–Trinajstić information content (AvgIpc) is 2.55.